The Hall–Kier alpha value is -6.45. The molecule has 3 nitrogen and oxygen atoms in total. The topological polar surface area (TPSA) is 38.7 Å². The van der Waals surface area contributed by atoms with Gasteiger partial charge >= 0.3 is 0 Å². The smallest absolute Gasteiger partial charge is 0.164 e. The summed E-state index contributed by atoms with van der Waals surface area (Å²) in [6.07, 6.45) is 17.1. The first kappa shape index (κ1) is 44.4. The predicted octanol–water partition coefficient (Wildman–Crippen LogP) is 17.5. The van der Waals surface area contributed by atoms with Crippen molar-refractivity contribution in [2.75, 3.05) is 0 Å². The molecule has 1 heterocycles. The average molecular weight is 876 g/mol. The molecular weight excluding hydrogens is 811 g/mol. The molecule has 5 unspecified atom stereocenters. The number of benzene rings is 7. The van der Waals surface area contributed by atoms with E-state index in [9.17, 15) is 0 Å². The van der Waals surface area contributed by atoms with Crippen LogP contribution in [0.25, 0.3) is 61.0 Å². The van der Waals surface area contributed by atoms with Crippen molar-refractivity contribution in [1.29, 1.82) is 0 Å². The van der Waals surface area contributed by atoms with E-state index in [0.717, 1.165) is 60.5 Å². The molecule has 5 atom stereocenters. The maximum atomic E-state index is 5.29. The minimum absolute atomic E-state index is 0.222. The van der Waals surface area contributed by atoms with Crippen LogP contribution in [0.4, 0.5) is 0 Å². The lowest BCUT2D eigenvalue weighted by molar-refractivity contribution is 0.370. The van der Waals surface area contributed by atoms with Gasteiger partial charge < -0.3 is 0 Å². The lowest BCUT2D eigenvalue weighted by Gasteiger charge is -2.39. The standard InChI is InChI=1S/C64H65N3/c1-6-9-11-20-44(5)64(57-28-19-18-27-55(57)60-54-26-17-15-22-49(54)38-42-58(60)64)52-39-35-47(36-40-52)46(8-3)32-29-43(4)59-53-25-16-14-21-48(53)37-41-56(59)63-66-61(50-23-12-10-13-24-50)65-62(67-63)51-33-30-45(7-2)31-34-51/h10,12-19,21-28,30,33-46H,6-9,11,20,29,31-32H2,1-5H3. The van der Waals surface area contributed by atoms with Gasteiger partial charge in [-0.15, -0.1) is 0 Å². The first-order chi connectivity index (χ1) is 32.9. The van der Waals surface area contributed by atoms with Crippen LogP contribution < -0.4 is 0 Å². The average Bonchev–Trinajstić information content (AvgIpc) is 3.70. The zero-order chi connectivity index (χ0) is 45.9. The largest absolute Gasteiger partial charge is 0.208 e. The third kappa shape index (κ3) is 8.26. The number of allylic oxidation sites excluding steroid dienone is 4. The van der Waals surface area contributed by atoms with Crippen LogP contribution in [0.3, 0.4) is 0 Å². The molecule has 0 N–H and O–H groups in total. The Labute approximate surface area is 399 Å². The highest BCUT2D eigenvalue weighted by Crippen LogP contribution is 2.59. The molecule has 336 valence electrons. The molecule has 0 spiro atoms. The summed E-state index contributed by atoms with van der Waals surface area (Å²) in [7, 11) is 0. The summed E-state index contributed by atoms with van der Waals surface area (Å²) in [5.74, 6) is 3.88. The van der Waals surface area contributed by atoms with Crippen LogP contribution in [0.15, 0.2) is 170 Å². The maximum Gasteiger partial charge on any atom is 0.164 e. The molecule has 2 aliphatic carbocycles. The van der Waals surface area contributed by atoms with Crippen LogP contribution >= 0.6 is 0 Å². The zero-order valence-corrected chi connectivity index (χ0v) is 40.2. The van der Waals surface area contributed by atoms with Crippen molar-refractivity contribution in [3.05, 3.63) is 204 Å². The van der Waals surface area contributed by atoms with Crippen LogP contribution in [0, 0.1) is 11.8 Å². The van der Waals surface area contributed by atoms with Crippen LogP contribution in [0.1, 0.15) is 138 Å². The molecule has 0 saturated carbocycles. The Bertz CT molecular complexity index is 3090. The van der Waals surface area contributed by atoms with E-state index in [1.54, 1.807) is 0 Å². The van der Waals surface area contributed by atoms with Crippen molar-refractivity contribution in [3.8, 4) is 33.9 Å². The highest BCUT2D eigenvalue weighted by Gasteiger charge is 2.48. The molecule has 1 aromatic heterocycles. The third-order valence-corrected chi connectivity index (χ3v) is 15.6. The highest BCUT2D eigenvalue weighted by molar-refractivity contribution is 6.03. The number of rotatable bonds is 16. The van der Waals surface area contributed by atoms with Crippen molar-refractivity contribution >= 4 is 27.1 Å². The fraction of sp³-hybridized carbons (Fsp3) is 0.297. The van der Waals surface area contributed by atoms with Gasteiger partial charge in [0.1, 0.15) is 0 Å². The van der Waals surface area contributed by atoms with Gasteiger partial charge in [-0.1, -0.05) is 224 Å². The molecule has 0 bridgehead atoms. The van der Waals surface area contributed by atoms with Crippen molar-refractivity contribution in [2.24, 2.45) is 11.8 Å². The summed E-state index contributed by atoms with van der Waals surface area (Å²) in [5.41, 5.74) is 12.9. The molecule has 3 heteroatoms. The Morgan fingerprint density at radius 2 is 1.27 bits per heavy atom. The monoisotopic (exact) mass is 876 g/mol. The normalized spacial score (nSPS) is 17.8. The maximum absolute atomic E-state index is 5.29. The molecular formula is C64H65N3. The van der Waals surface area contributed by atoms with Gasteiger partial charge in [0.05, 0.1) is 0 Å². The van der Waals surface area contributed by atoms with Crippen molar-refractivity contribution in [1.82, 2.24) is 15.0 Å². The summed E-state index contributed by atoms with van der Waals surface area (Å²) in [4.78, 5) is 15.6. The summed E-state index contributed by atoms with van der Waals surface area (Å²) in [5, 5.41) is 5.19. The van der Waals surface area contributed by atoms with Crippen LogP contribution in [0.2, 0.25) is 0 Å². The van der Waals surface area contributed by atoms with E-state index in [4.69, 9.17) is 15.0 Å². The second-order valence-electron chi connectivity index (χ2n) is 19.5. The zero-order valence-electron chi connectivity index (χ0n) is 40.2. The summed E-state index contributed by atoms with van der Waals surface area (Å²) >= 11 is 0. The van der Waals surface area contributed by atoms with Gasteiger partial charge in [0.15, 0.2) is 17.5 Å². The Morgan fingerprint density at radius 1 is 0.582 bits per heavy atom. The predicted molar refractivity (Wildman–Crippen MR) is 283 cm³/mol. The van der Waals surface area contributed by atoms with E-state index in [1.165, 1.54) is 86.2 Å². The second-order valence-corrected chi connectivity index (χ2v) is 19.5. The first-order valence-electron chi connectivity index (χ1n) is 25.4. The highest BCUT2D eigenvalue weighted by atomic mass is 15.0. The van der Waals surface area contributed by atoms with E-state index in [1.807, 2.05) is 6.07 Å². The van der Waals surface area contributed by atoms with Gasteiger partial charge in [-0.2, -0.15) is 0 Å². The summed E-state index contributed by atoms with van der Waals surface area (Å²) in [6, 6.07) is 56.8. The third-order valence-electron chi connectivity index (χ3n) is 15.6. The number of hydrogen-bond acceptors (Lipinski definition) is 3. The van der Waals surface area contributed by atoms with E-state index in [0.29, 0.717) is 23.6 Å². The van der Waals surface area contributed by atoms with Gasteiger partial charge in [0.25, 0.3) is 0 Å². The molecule has 8 aromatic rings. The SMILES string of the molecule is CCCCCC(C)C1(c2ccc(C(CC)CCC(C)c3c(-c4nc(C5=CCC(CC)C=C5)nc(-c5ccccc5)n4)ccc4ccccc34)cc2)c2ccccc2-c2c1ccc1ccccc21. The fourth-order valence-electron chi connectivity index (χ4n) is 11.8. The van der Waals surface area contributed by atoms with Crippen LogP contribution in [-0.4, -0.2) is 15.0 Å². The molecule has 0 saturated heterocycles. The summed E-state index contributed by atoms with van der Waals surface area (Å²) < 4.78 is 0. The molecule has 0 radical (unpaired) electrons. The van der Waals surface area contributed by atoms with Crippen LogP contribution in [-0.2, 0) is 5.41 Å². The molecule has 2 aliphatic rings. The Kier molecular flexibility index (Phi) is 12.9. The lowest BCUT2D eigenvalue weighted by atomic mass is 9.63. The van der Waals surface area contributed by atoms with Gasteiger partial charge in [-0.05, 0) is 123 Å². The van der Waals surface area contributed by atoms with E-state index >= 15 is 0 Å². The molecule has 67 heavy (non-hydrogen) atoms. The van der Waals surface area contributed by atoms with Gasteiger partial charge in [-0.25, -0.2) is 15.0 Å². The van der Waals surface area contributed by atoms with Crippen molar-refractivity contribution in [2.45, 2.75) is 110 Å². The number of unbranched alkanes of at least 4 members (excludes halogenated alkanes) is 2. The van der Waals surface area contributed by atoms with Crippen molar-refractivity contribution < 1.29 is 0 Å². The summed E-state index contributed by atoms with van der Waals surface area (Å²) in [6.45, 7) is 11.9. The molecule has 0 amide bonds. The van der Waals surface area contributed by atoms with Crippen LogP contribution in [0.5, 0.6) is 0 Å². The van der Waals surface area contributed by atoms with Crippen molar-refractivity contribution in [3.63, 3.8) is 0 Å². The molecule has 0 aliphatic heterocycles. The number of hydrogen-bond donors (Lipinski definition) is 0. The number of fused-ring (bicyclic) bond motifs is 6. The first-order valence-corrected chi connectivity index (χ1v) is 25.4. The minimum atomic E-state index is -0.222. The quantitative estimate of drug-likeness (QED) is 0.0908. The fourth-order valence-corrected chi connectivity index (χ4v) is 11.8. The minimum Gasteiger partial charge on any atom is -0.208 e. The number of aromatic nitrogens is 3. The lowest BCUT2D eigenvalue weighted by Crippen LogP contribution is -2.34. The van der Waals surface area contributed by atoms with Gasteiger partial charge in [0.2, 0.25) is 0 Å². The van der Waals surface area contributed by atoms with Gasteiger partial charge in [0, 0.05) is 22.1 Å². The molecule has 10 rings (SSSR count). The second kappa shape index (κ2) is 19.4. The Balaban J connectivity index is 0.994. The molecule has 0 fully saturated rings. The van der Waals surface area contributed by atoms with E-state index in [-0.39, 0.29) is 11.3 Å². The van der Waals surface area contributed by atoms with E-state index < -0.39 is 0 Å². The Morgan fingerprint density at radius 3 is 2.01 bits per heavy atom. The van der Waals surface area contributed by atoms with E-state index in [2.05, 4.69) is 198 Å². The van der Waals surface area contributed by atoms with Gasteiger partial charge in [-0.3, -0.25) is 0 Å². The number of nitrogens with zero attached hydrogens (tertiary/aromatic N) is 3. The molecule has 7 aromatic carbocycles.